The van der Waals surface area contributed by atoms with Gasteiger partial charge in [0.25, 0.3) is 11.8 Å². The number of amides is 2. The Labute approximate surface area is 159 Å². The summed E-state index contributed by atoms with van der Waals surface area (Å²) in [4.78, 5) is 25.8. The fourth-order valence-electron chi connectivity index (χ4n) is 2.45. The maximum absolute atomic E-state index is 12.6. The molecule has 7 nitrogen and oxygen atoms in total. The smallest absolute Gasteiger partial charge is 0.253 e. The van der Waals surface area contributed by atoms with Crippen LogP contribution in [0.2, 0.25) is 0 Å². The zero-order valence-corrected chi connectivity index (χ0v) is 16.6. The maximum atomic E-state index is 12.6. The Morgan fingerprint density at radius 1 is 0.889 bits per heavy atom. The lowest BCUT2D eigenvalue weighted by Gasteiger charge is -2.18. The first-order valence-corrected chi connectivity index (χ1v) is 9.70. The van der Waals surface area contributed by atoms with Crippen LogP contribution in [-0.2, 0) is 16.6 Å². The molecule has 0 fully saturated rings. The molecular weight excluding hydrogens is 366 g/mol. The van der Waals surface area contributed by atoms with Gasteiger partial charge in [-0.05, 0) is 42.0 Å². The summed E-state index contributed by atoms with van der Waals surface area (Å²) in [6.07, 6.45) is 0. The third-order valence-corrected chi connectivity index (χ3v) is 5.92. The van der Waals surface area contributed by atoms with Crippen LogP contribution in [0.4, 0.5) is 0 Å². The normalized spacial score (nSPS) is 11.3. The number of benzene rings is 2. The summed E-state index contributed by atoms with van der Waals surface area (Å²) in [5, 5.41) is 2.55. The van der Waals surface area contributed by atoms with Crippen LogP contribution in [0.3, 0.4) is 0 Å². The molecule has 2 rings (SSSR count). The molecule has 0 aliphatic rings. The van der Waals surface area contributed by atoms with Gasteiger partial charge in [0.2, 0.25) is 10.0 Å². The largest absolute Gasteiger partial charge is 0.355 e. The summed E-state index contributed by atoms with van der Waals surface area (Å²) in [7, 11) is 2.62. The molecule has 2 amide bonds. The number of sulfonamides is 1. The number of hydrogen-bond donors (Lipinski definition) is 1. The Balaban J connectivity index is 2.10. The number of carbonyl (C=O) groups excluding carboxylic acids is 2. The van der Waals surface area contributed by atoms with Crippen LogP contribution in [-0.4, -0.2) is 57.6 Å². The van der Waals surface area contributed by atoms with Gasteiger partial charge in [-0.3, -0.25) is 9.59 Å². The molecule has 0 unspecified atom stereocenters. The van der Waals surface area contributed by atoms with Crippen molar-refractivity contribution in [1.29, 1.82) is 0 Å². The lowest BCUT2D eigenvalue weighted by atomic mass is 10.1. The van der Waals surface area contributed by atoms with Crippen molar-refractivity contribution in [2.75, 3.05) is 28.2 Å². The monoisotopic (exact) mass is 389 g/mol. The number of carbonyl (C=O) groups is 2. The van der Waals surface area contributed by atoms with Crippen molar-refractivity contribution < 1.29 is 18.0 Å². The fraction of sp³-hybridized carbons (Fsp3) is 0.263. The number of nitrogens with one attached hydrogen (secondary N) is 1. The van der Waals surface area contributed by atoms with E-state index in [2.05, 4.69) is 5.32 Å². The molecule has 27 heavy (non-hydrogen) atoms. The second-order valence-electron chi connectivity index (χ2n) is 6.25. The van der Waals surface area contributed by atoms with E-state index in [1.54, 1.807) is 38.4 Å². The average Bonchev–Trinajstić information content (AvgIpc) is 2.67. The molecule has 0 aromatic heterocycles. The Morgan fingerprint density at radius 3 is 1.89 bits per heavy atom. The summed E-state index contributed by atoms with van der Waals surface area (Å²) in [6.45, 7) is 0.366. The van der Waals surface area contributed by atoms with Crippen LogP contribution in [0.15, 0.2) is 53.4 Å². The highest BCUT2D eigenvalue weighted by molar-refractivity contribution is 7.89. The SMILES string of the molecule is CNC(=O)c1ccc(CN(C)C(=O)c2ccc(S(=O)(=O)N(C)C)cc2)cc1. The predicted molar refractivity (Wildman–Crippen MR) is 103 cm³/mol. The van der Waals surface area contributed by atoms with Gasteiger partial charge < -0.3 is 10.2 Å². The van der Waals surface area contributed by atoms with Crippen molar-refractivity contribution in [2.24, 2.45) is 0 Å². The first-order valence-electron chi connectivity index (χ1n) is 8.26. The van der Waals surface area contributed by atoms with E-state index in [0.717, 1.165) is 9.87 Å². The van der Waals surface area contributed by atoms with E-state index in [-0.39, 0.29) is 16.7 Å². The predicted octanol–water partition coefficient (Wildman–Crippen LogP) is 1.57. The Hall–Kier alpha value is -2.71. The molecule has 0 aliphatic carbocycles. The van der Waals surface area contributed by atoms with Crippen LogP contribution < -0.4 is 5.32 Å². The van der Waals surface area contributed by atoms with Crippen molar-refractivity contribution >= 4 is 21.8 Å². The molecule has 0 heterocycles. The van der Waals surface area contributed by atoms with Gasteiger partial charge in [0.15, 0.2) is 0 Å². The zero-order chi connectivity index (χ0) is 20.2. The van der Waals surface area contributed by atoms with Crippen molar-refractivity contribution in [3.05, 3.63) is 65.2 Å². The van der Waals surface area contributed by atoms with E-state index in [4.69, 9.17) is 0 Å². The number of nitrogens with zero attached hydrogens (tertiary/aromatic N) is 2. The molecule has 0 spiro atoms. The van der Waals surface area contributed by atoms with E-state index >= 15 is 0 Å². The third kappa shape index (κ3) is 4.72. The van der Waals surface area contributed by atoms with Crippen LogP contribution in [0, 0.1) is 0 Å². The summed E-state index contributed by atoms with van der Waals surface area (Å²) in [6, 6.07) is 12.8. The van der Waals surface area contributed by atoms with Gasteiger partial charge in [0.05, 0.1) is 4.90 Å². The van der Waals surface area contributed by atoms with E-state index < -0.39 is 10.0 Å². The van der Waals surface area contributed by atoms with Crippen molar-refractivity contribution in [1.82, 2.24) is 14.5 Å². The number of hydrogen-bond acceptors (Lipinski definition) is 4. The highest BCUT2D eigenvalue weighted by atomic mass is 32.2. The minimum atomic E-state index is -3.53. The van der Waals surface area contributed by atoms with Gasteiger partial charge in [-0.25, -0.2) is 12.7 Å². The van der Waals surface area contributed by atoms with Gasteiger partial charge in [0, 0.05) is 45.9 Å². The molecule has 144 valence electrons. The average molecular weight is 389 g/mol. The summed E-state index contributed by atoms with van der Waals surface area (Å²) in [5.41, 5.74) is 1.83. The molecule has 1 N–H and O–H groups in total. The van der Waals surface area contributed by atoms with Crippen molar-refractivity contribution in [2.45, 2.75) is 11.4 Å². The lowest BCUT2D eigenvalue weighted by molar-refractivity contribution is 0.0784. The van der Waals surface area contributed by atoms with Crippen molar-refractivity contribution in [3.8, 4) is 0 Å². The maximum Gasteiger partial charge on any atom is 0.253 e. The molecule has 0 atom stereocenters. The molecule has 8 heteroatoms. The lowest BCUT2D eigenvalue weighted by Crippen LogP contribution is -2.26. The Morgan fingerprint density at radius 2 is 1.41 bits per heavy atom. The van der Waals surface area contributed by atoms with E-state index in [1.807, 2.05) is 0 Å². The quantitative estimate of drug-likeness (QED) is 0.812. The van der Waals surface area contributed by atoms with Crippen LogP contribution in [0.5, 0.6) is 0 Å². The van der Waals surface area contributed by atoms with Crippen LogP contribution >= 0.6 is 0 Å². The fourth-order valence-corrected chi connectivity index (χ4v) is 3.35. The minimum Gasteiger partial charge on any atom is -0.355 e. The summed E-state index contributed by atoms with van der Waals surface area (Å²) < 4.78 is 25.3. The second kappa shape index (κ2) is 8.32. The molecule has 2 aromatic rings. The van der Waals surface area contributed by atoms with Gasteiger partial charge in [0.1, 0.15) is 0 Å². The van der Waals surface area contributed by atoms with Gasteiger partial charge >= 0.3 is 0 Å². The summed E-state index contributed by atoms with van der Waals surface area (Å²) >= 11 is 0. The standard InChI is InChI=1S/C19H23N3O4S/c1-20-18(23)15-7-5-14(6-8-15)13-22(4)19(24)16-9-11-17(12-10-16)27(25,26)21(2)3/h5-12H,13H2,1-4H3,(H,20,23). The van der Waals surface area contributed by atoms with Crippen molar-refractivity contribution in [3.63, 3.8) is 0 Å². The van der Waals surface area contributed by atoms with Gasteiger partial charge in [-0.15, -0.1) is 0 Å². The molecule has 0 saturated heterocycles. The third-order valence-electron chi connectivity index (χ3n) is 4.09. The van der Waals surface area contributed by atoms with Gasteiger partial charge in [-0.1, -0.05) is 12.1 Å². The van der Waals surface area contributed by atoms with Gasteiger partial charge in [-0.2, -0.15) is 0 Å². The molecule has 0 saturated carbocycles. The zero-order valence-electron chi connectivity index (χ0n) is 15.8. The molecular formula is C19H23N3O4S. The molecule has 0 aliphatic heterocycles. The molecule has 0 bridgehead atoms. The first kappa shape index (κ1) is 20.6. The first-order chi connectivity index (χ1) is 12.7. The topological polar surface area (TPSA) is 86.8 Å². The molecule has 2 aromatic carbocycles. The second-order valence-corrected chi connectivity index (χ2v) is 8.40. The highest BCUT2D eigenvalue weighted by Crippen LogP contribution is 2.16. The minimum absolute atomic E-state index is 0.136. The Bertz CT molecular complexity index is 920. The van der Waals surface area contributed by atoms with E-state index in [0.29, 0.717) is 17.7 Å². The summed E-state index contributed by atoms with van der Waals surface area (Å²) in [5.74, 6) is -0.391. The van der Waals surface area contributed by atoms with E-state index in [1.165, 1.54) is 43.3 Å². The molecule has 0 radical (unpaired) electrons. The number of rotatable bonds is 6. The van der Waals surface area contributed by atoms with E-state index in [9.17, 15) is 18.0 Å². The van der Waals surface area contributed by atoms with Crippen LogP contribution in [0.25, 0.3) is 0 Å². The Kier molecular flexibility index (Phi) is 6.35. The van der Waals surface area contributed by atoms with Crippen LogP contribution in [0.1, 0.15) is 26.3 Å². The highest BCUT2D eigenvalue weighted by Gasteiger charge is 2.18.